The number of alkyl halides is 1. The molecule has 1 aromatic rings. The van der Waals surface area contributed by atoms with Gasteiger partial charge in [-0.1, -0.05) is 0 Å². The van der Waals surface area contributed by atoms with Crippen LogP contribution in [0.25, 0.3) is 0 Å². The van der Waals surface area contributed by atoms with Gasteiger partial charge in [0.15, 0.2) is 0 Å². The van der Waals surface area contributed by atoms with E-state index in [9.17, 15) is 0 Å². The molecule has 0 bridgehead atoms. The fraction of sp³-hybridized carbons (Fsp3) is 0.583. The van der Waals surface area contributed by atoms with Crippen molar-refractivity contribution in [1.29, 1.82) is 0 Å². The van der Waals surface area contributed by atoms with E-state index in [1.54, 1.807) is 0 Å². The predicted molar refractivity (Wildman–Crippen MR) is 66.0 cm³/mol. The molecule has 4 heteroatoms. The van der Waals surface area contributed by atoms with E-state index < -0.39 is 0 Å². The SMILES string of the molecule is CC1OCCC1N(C)c1ccncc1CCl. The summed E-state index contributed by atoms with van der Waals surface area (Å²) in [6, 6.07) is 2.45. The van der Waals surface area contributed by atoms with E-state index in [1.165, 1.54) is 0 Å². The molecular weight excluding hydrogens is 224 g/mol. The first kappa shape index (κ1) is 11.7. The minimum Gasteiger partial charge on any atom is -0.376 e. The molecule has 0 aromatic carbocycles. The van der Waals surface area contributed by atoms with Crippen LogP contribution in [0.5, 0.6) is 0 Å². The van der Waals surface area contributed by atoms with Crippen molar-refractivity contribution >= 4 is 17.3 Å². The number of pyridine rings is 1. The van der Waals surface area contributed by atoms with E-state index in [0.29, 0.717) is 11.9 Å². The molecule has 2 atom stereocenters. The van der Waals surface area contributed by atoms with Gasteiger partial charge in [0.05, 0.1) is 18.0 Å². The number of hydrogen-bond donors (Lipinski definition) is 0. The third-order valence-electron chi connectivity index (χ3n) is 3.24. The normalized spacial score (nSPS) is 24.7. The van der Waals surface area contributed by atoms with Crippen LogP contribution in [0.2, 0.25) is 0 Å². The van der Waals surface area contributed by atoms with Gasteiger partial charge in [0.2, 0.25) is 0 Å². The molecule has 3 nitrogen and oxygen atoms in total. The summed E-state index contributed by atoms with van der Waals surface area (Å²) in [5, 5.41) is 0. The van der Waals surface area contributed by atoms with E-state index in [-0.39, 0.29) is 6.10 Å². The average Bonchev–Trinajstić information content (AvgIpc) is 2.74. The van der Waals surface area contributed by atoms with E-state index in [4.69, 9.17) is 16.3 Å². The lowest BCUT2D eigenvalue weighted by Crippen LogP contribution is -2.37. The Morgan fingerprint density at radius 2 is 2.44 bits per heavy atom. The van der Waals surface area contributed by atoms with Crippen molar-refractivity contribution in [1.82, 2.24) is 4.98 Å². The number of nitrogens with zero attached hydrogens (tertiary/aromatic N) is 2. The van der Waals surface area contributed by atoms with E-state index in [1.807, 2.05) is 18.5 Å². The van der Waals surface area contributed by atoms with Gasteiger partial charge in [0, 0.05) is 37.3 Å². The van der Waals surface area contributed by atoms with Crippen LogP contribution in [-0.2, 0) is 10.6 Å². The van der Waals surface area contributed by atoms with Gasteiger partial charge in [0.1, 0.15) is 0 Å². The summed E-state index contributed by atoms with van der Waals surface area (Å²) >= 11 is 5.92. The molecule has 1 saturated heterocycles. The maximum Gasteiger partial charge on any atom is 0.0750 e. The Morgan fingerprint density at radius 3 is 3.06 bits per heavy atom. The number of hydrogen-bond acceptors (Lipinski definition) is 3. The monoisotopic (exact) mass is 240 g/mol. The Labute approximate surface area is 101 Å². The molecule has 1 aliphatic heterocycles. The number of anilines is 1. The van der Waals surface area contributed by atoms with Crippen LogP contribution in [-0.4, -0.2) is 30.8 Å². The van der Waals surface area contributed by atoms with Crippen molar-refractivity contribution in [3.63, 3.8) is 0 Å². The van der Waals surface area contributed by atoms with Crippen molar-refractivity contribution in [2.75, 3.05) is 18.6 Å². The fourth-order valence-corrected chi connectivity index (χ4v) is 2.48. The minimum absolute atomic E-state index is 0.279. The van der Waals surface area contributed by atoms with E-state index >= 15 is 0 Å². The van der Waals surface area contributed by atoms with Gasteiger partial charge < -0.3 is 9.64 Å². The minimum atomic E-state index is 0.279. The molecule has 1 aliphatic rings. The lowest BCUT2D eigenvalue weighted by Gasteiger charge is -2.30. The van der Waals surface area contributed by atoms with Crippen molar-refractivity contribution < 1.29 is 4.74 Å². The summed E-state index contributed by atoms with van der Waals surface area (Å²) in [6.07, 6.45) is 4.99. The zero-order valence-electron chi connectivity index (χ0n) is 9.69. The van der Waals surface area contributed by atoms with Crippen LogP contribution < -0.4 is 4.90 Å². The molecule has 0 spiro atoms. The largest absolute Gasteiger partial charge is 0.376 e. The Morgan fingerprint density at radius 1 is 1.62 bits per heavy atom. The van der Waals surface area contributed by atoms with Gasteiger partial charge in [-0.15, -0.1) is 11.6 Å². The molecule has 0 saturated carbocycles. The van der Waals surface area contributed by atoms with Crippen LogP contribution in [0.15, 0.2) is 18.5 Å². The second-order valence-electron chi connectivity index (χ2n) is 4.18. The van der Waals surface area contributed by atoms with Gasteiger partial charge in [-0.2, -0.15) is 0 Å². The molecule has 2 unspecified atom stereocenters. The summed E-state index contributed by atoms with van der Waals surface area (Å²) in [5.74, 6) is 0.496. The highest BCUT2D eigenvalue weighted by atomic mass is 35.5. The summed E-state index contributed by atoms with van der Waals surface area (Å²) in [5.41, 5.74) is 2.23. The number of likely N-dealkylation sites (N-methyl/N-ethyl adjacent to an activating group) is 1. The summed E-state index contributed by atoms with van der Waals surface area (Å²) < 4.78 is 5.59. The summed E-state index contributed by atoms with van der Waals surface area (Å²) in [7, 11) is 2.10. The molecular formula is C12H17ClN2O. The Bertz CT molecular complexity index is 359. The Balaban J connectivity index is 2.22. The van der Waals surface area contributed by atoms with Gasteiger partial charge in [-0.3, -0.25) is 4.98 Å². The average molecular weight is 241 g/mol. The van der Waals surface area contributed by atoms with Crippen molar-refractivity contribution in [3.05, 3.63) is 24.0 Å². The second-order valence-corrected chi connectivity index (χ2v) is 4.45. The molecule has 16 heavy (non-hydrogen) atoms. The highest BCUT2D eigenvalue weighted by Gasteiger charge is 2.28. The standard InChI is InChI=1S/C12H17ClN2O/c1-9-11(4-6-16-9)15(2)12-3-5-14-8-10(12)7-13/h3,5,8-9,11H,4,6-7H2,1-2H3. The van der Waals surface area contributed by atoms with Crippen LogP contribution >= 0.6 is 11.6 Å². The number of ether oxygens (including phenoxy) is 1. The smallest absolute Gasteiger partial charge is 0.0750 e. The van der Waals surface area contributed by atoms with Crippen LogP contribution in [0, 0.1) is 0 Å². The summed E-state index contributed by atoms with van der Waals surface area (Å²) in [4.78, 5) is 6.36. The van der Waals surface area contributed by atoms with Gasteiger partial charge >= 0.3 is 0 Å². The number of halogens is 1. The Hall–Kier alpha value is -0.800. The van der Waals surface area contributed by atoms with Crippen LogP contribution in [0.1, 0.15) is 18.9 Å². The van der Waals surface area contributed by atoms with Crippen molar-refractivity contribution in [3.8, 4) is 0 Å². The lowest BCUT2D eigenvalue weighted by molar-refractivity contribution is 0.118. The molecule has 0 radical (unpaired) electrons. The molecule has 2 heterocycles. The number of aromatic nitrogens is 1. The van der Waals surface area contributed by atoms with Crippen LogP contribution in [0.3, 0.4) is 0 Å². The number of rotatable bonds is 3. The van der Waals surface area contributed by atoms with Crippen molar-refractivity contribution in [2.45, 2.75) is 31.4 Å². The van der Waals surface area contributed by atoms with Gasteiger partial charge in [-0.05, 0) is 19.4 Å². The zero-order chi connectivity index (χ0) is 11.5. The molecule has 2 rings (SSSR count). The maximum absolute atomic E-state index is 5.92. The maximum atomic E-state index is 5.92. The molecule has 88 valence electrons. The topological polar surface area (TPSA) is 25.4 Å². The fourth-order valence-electron chi connectivity index (χ4n) is 2.27. The van der Waals surface area contributed by atoms with Gasteiger partial charge in [0.25, 0.3) is 0 Å². The highest BCUT2D eigenvalue weighted by Crippen LogP contribution is 2.27. The zero-order valence-corrected chi connectivity index (χ0v) is 10.4. The lowest BCUT2D eigenvalue weighted by atomic mass is 10.1. The molecule has 0 aliphatic carbocycles. The summed E-state index contributed by atoms with van der Waals surface area (Å²) in [6.45, 7) is 2.97. The molecule has 1 aromatic heterocycles. The molecule has 0 amide bonds. The van der Waals surface area contributed by atoms with E-state index in [0.717, 1.165) is 24.3 Å². The van der Waals surface area contributed by atoms with Crippen LogP contribution in [0.4, 0.5) is 5.69 Å². The predicted octanol–water partition coefficient (Wildman–Crippen LogP) is 2.43. The van der Waals surface area contributed by atoms with Gasteiger partial charge in [-0.25, -0.2) is 0 Å². The Kier molecular flexibility index (Phi) is 3.66. The first-order chi connectivity index (χ1) is 7.74. The molecule has 1 fully saturated rings. The molecule has 0 N–H and O–H groups in total. The highest BCUT2D eigenvalue weighted by molar-refractivity contribution is 6.17. The third-order valence-corrected chi connectivity index (χ3v) is 3.52. The first-order valence-corrected chi connectivity index (χ1v) is 6.10. The second kappa shape index (κ2) is 5.02. The quantitative estimate of drug-likeness (QED) is 0.759. The van der Waals surface area contributed by atoms with E-state index in [2.05, 4.69) is 23.9 Å². The first-order valence-electron chi connectivity index (χ1n) is 5.57. The van der Waals surface area contributed by atoms with Crippen molar-refractivity contribution in [2.24, 2.45) is 0 Å². The third kappa shape index (κ3) is 2.15.